The number of rotatable bonds is 6. The second-order valence-electron chi connectivity index (χ2n) is 8.86. The Labute approximate surface area is 195 Å². The van der Waals surface area contributed by atoms with Crippen LogP contribution in [0.5, 0.6) is 0 Å². The van der Waals surface area contributed by atoms with Gasteiger partial charge in [0.1, 0.15) is 6.23 Å². The molecule has 162 valence electrons. The normalized spacial score (nSPS) is 18.3. The van der Waals surface area contributed by atoms with Gasteiger partial charge in [0.2, 0.25) is 0 Å². The fraction of sp³-hybridized carbons (Fsp3) is 0.346. The van der Waals surface area contributed by atoms with E-state index in [1.54, 1.807) is 0 Å². The van der Waals surface area contributed by atoms with Crippen LogP contribution < -0.4 is 0 Å². The molecule has 0 fully saturated rings. The molecule has 0 saturated carbocycles. The van der Waals surface area contributed by atoms with Crippen molar-refractivity contribution < 1.29 is 4.74 Å². The molecule has 0 N–H and O–H groups in total. The SMILES string of the molecule is CC(C(Cc1ccc(Cl)cc1)c1cccc(C#N)c1)N1C=C(Cl)C=CC1OC(C)(C)C. The minimum Gasteiger partial charge on any atom is -0.349 e. The van der Waals surface area contributed by atoms with Crippen molar-refractivity contribution in [3.8, 4) is 6.07 Å². The summed E-state index contributed by atoms with van der Waals surface area (Å²) in [5, 5.41) is 10.8. The highest BCUT2D eigenvalue weighted by Gasteiger charge is 2.32. The number of nitriles is 1. The van der Waals surface area contributed by atoms with E-state index in [1.165, 1.54) is 5.56 Å². The number of benzene rings is 2. The van der Waals surface area contributed by atoms with Crippen molar-refractivity contribution in [2.75, 3.05) is 0 Å². The number of hydrogen-bond acceptors (Lipinski definition) is 3. The van der Waals surface area contributed by atoms with Crippen LogP contribution in [0, 0.1) is 11.3 Å². The van der Waals surface area contributed by atoms with E-state index in [-0.39, 0.29) is 23.8 Å². The lowest BCUT2D eigenvalue weighted by Crippen LogP contribution is -2.46. The quantitative estimate of drug-likeness (QED) is 0.470. The van der Waals surface area contributed by atoms with Crippen LogP contribution in [0.3, 0.4) is 0 Å². The first-order chi connectivity index (χ1) is 14.7. The Hall–Kier alpha value is -2.25. The first kappa shape index (κ1) is 23.4. The van der Waals surface area contributed by atoms with E-state index >= 15 is 0 Å². The lowest BCUT2D eigenvalue weighted by Gasteiger charge is -2.42. The molecule has 31 heavy (non-hydrogen) atoms. The summed E-state index contributed by atoms with van der Waals surface area (Å²) in [5.41, 5.74) is 2.63. The van der Waals surface area contributed by atoms with Crippen LogP contribution in [0.4, 0.5) is 0 Å². The summed E-state index contributed by atoms with van der Waals surface area (Å²) in [6.07, 6.45) is 6.39. The van der Waals surface area contributed by atoms with Gasteiger partial charge in [-0.3, -0.25) is 0 Å². The third-order valence-electron chi connectivity index (χ3n) is 5.33. The molecule has 5 heteroatoms. The molecular formula is C26H28Cl2N2O. The maximum absolute atomic E-state index is 9.42. The molecule has 0 spiro atoms. The zero-order chi connectivity index (χ0) is 22.6. The topological polar surface area (TPSA) is 36.3 Å². The number of nitrogens with zero attached hydrogens (tertiary/aromatic N) is 2. The zero-order valence-corrected chi connectivity index (χ0v) is 19.9. The minimum absolute atomic E-state index is 0.0515. The summed E-state index contributed by atoms with van der Waals surface area (Å²) >= 11 is 12.5. The summed E-state index contributed by atoms with van der Waals surface area (Å²) in [7, 11) is 0. The number of ether oxygens (including phenoxy) is 1. The second-order valence-corrected chi connectivity index (χ2v) is 9.73. The molecule has 0 aliphatic carbocycles. The third kappa shape index (κ3) is 6.37. The summed E-state index contributed by atoms with van der Waals surface area (Å²) in [6.45, 7) is 8.32. The molecule has 3 unspecified atom stereocenters. The Balaban J connectivity index is 1.99. The van der Waals surface area contributed by atoms with Gasteiger partial charge in [0.25, 0.3) is 0 Å². The minimum atomic E-state index is -0.308. The van der Waals surface area contributed by atoms with Gasteiger partial charge in [0.05, 0.1) is 22.3 Å². The standard InChI is InChI=1S/C26H28Cl2N2O/c1-18(30-17-23(28)12-13-25(30)31-26(2,3)4)24(15-19-8-10-22(27)11-9-19)21-7-5-6-20(14-21)16-29/h5-14,17-18,24-25H,15H2,1-4H3. The van der Waals surface area contributed by atoms with Gasteiger partial charge in [-0.1, -0.05) is 47.5 Å². The molecule has 3 atom stereocenters. The third-order valence-corrected chi connectivity index (χ3v) is 5.80. The second kappa shape index (κ2) is 9.92. The lowest BCUT2D eigenvalue weighted by molar-refractivity contribution is -0.106. The monoisotopic (exact) mass is 454 g/mol. The average molecular weight is 455 g/mol. The van der Waals surface area contributed by atoms with E-state index in [4.69, 9.17) is 27.9 Å². The van der Waals surface area contributed by atoms with Crippen molar-refractivity contribution in [2.24, 2.45) is 0 Å². The molecule has 0 radical (unpaired) electrons. The van der Waals surface area contributed by atoms with Crippen LogP contribution in [-0.4, -0.2) is 22.8 Å². The molecule has 1 heterocycles. The molecule has 2 aromatic carbocycles. The fourth-order valence-electron chi connectivity index (χ4n) is 3.83. The maximum Gasteiger partial charge on any atom is 0.150 e. The van der Waals surface area contributed by atoms with Crippen molar-refractivity contribution in [1.29, 1.82) is 5.26 Å². The van der Waals surface area contributed by atoms with Crippen LogP contribution in [0.15, 0.2) is 71.9 Å². The van der Waals surface area contributed by atoms with E-state index in [9.17, 15) is 5.26 Å². The molecule has 0 aromatic heterocycles. The largest absolute Gasteiger partial charge is 0.349 e. The first-order valence-electron chi connectivity index (χ1n) is 10.4. The molecule has 1 aliphatic heterocycles. The van der Waals surface area contributed by atoms with E-state index in [2.05, 4.69) is 36.1 Å². The fourth-order valence-corrected chi connectivity index (χ4v) is 4.14. The van der Waals surface area contributed by atoms with Gasteiger partial charge in [0.15, 0.2) is 0 Å². The molecule has 0 saturated heterocycles. The van der Waals surface area contributed by atoms with Gasteiger partial charge < -0.3 is 9.64 Å². The van der Waals surface area contributed by atoms with E-state index in [0.717, 1.165) is 12.0 Å². The highest BCUT2D eigenvalue weighted by atomic mass is 35.5. The Morgan fingerprint density at radius 3 is 2.48 bits per heavy atom. The average Bonchev–Trinajstić information content (AvgIpc) is 2.73. The van der Waals surface area contributed by atoms with Crippen molar-refractivity contribution in [1.82, 2.24) is 4.90 Å². The van der Waals surface area contributed by atoms with Crippen LogP contribution in [0.1, 0.15) is 50.3 Å². The van der Waals surface area contributed by atoms with Gasteiger partial charge in [-0.05, 0) is 81.7 Å². The van der Waals surface area contributed by atoms with Gasteiger partial charge in [-0.2, -0.15) is 5.26 Å². The molecule has 3 nitrogen and oxygen atoms in total. The van der Waals surface area contributed by atoms with E-state index < -0.39 is 0 Å². The molecule has 2 aromatic rings. The van der Waals surface area contributed by atoms with Gasteiger partial charge in [-0.25, -0.2) is 0 Å². The molecular weight excluding hydrogens is 427 g/mol. The number of allylic oxidation sites excluding steroid dienone is 2. The molecule has 0 amide bonds. The van der Waals surface area contributed by atoms with Gasteiger partial charge >= 0.3 is 0 Å². The van der Waals surface area contributed by atoms with Gasteiger partial charge in [-0.15, -0.1) is 0 Å². The lowest BCUT2D eigenvalue weighted by atomic mass is 9.85. The van der Waals surface area contributed by atoms with Crippen molar-refractivity contribution in [3.63, 3.8) is 0 Å². The Morgan fingerprint density at radius 1 is 1.13 bits per heavy atom. The smallest absolute Gasteiger partial charge is 0.150 e. The highest BCUT2D eigenvalue weighted by Crippen LogP contribution is 2.33. The summed E-state index contributed by atoms with van der Waals surface area (Å²) in [6, 6.07) is 18.1. The zero-order valence-electron chi connectivity index (χ0n) is 18.3. The number of hydrogen-bond donors (Lipinski definition) is 0. The van der Waals surface area contributed by atoms with Crippen molar-refractivity contribution in [2.45, 2.75) is 57.9 Å². The first-order valence-corrected chi connectivity index (χ1v) is 11.2. The van der Waals surface area contributed by atoms with Crippen molar-refractivity contribution >= 4 is 23.2 Å². The van der Waals surface area contributed by atoms with Crippen LogP contribution in [0.2, 0.25) is 5.02 Å². The summed E-state index contributed by atoms with van der Waals surface area (Å²) in [4.78, 5) is 2.17. The Morgan fingerprint density at radius 2 is 1.84 bits per heavy atom. The van der Waals surface area contributed by atoms with Gasteiger partial charge in [0, 0.05) is 23.2 Å². The van der Waals surface area contributed by atoms with E-state index in [0.29, 0.717) is 15.6 Å². The van der Waals surface area contributed by atoms with Crippen LogP contribution >= 0.6 is 23.2 Å². The molecule has 3 rings (SSSR count). The van der Waals surface area contributed by atoms with Crippen LogP contribution in [-0.2, 0) is 11.2 Å². The van der Waals surface area contributed by atoms with Crippen molar-refractivity contribution in [3.05, 3.63) is 93.6 Å². The highest BCUT2D eigenvalue weighted by molar-refractivity contribution is 6.31. The maximum atomic E-state index is 9.42. The summed E-state index contributed by atoms with van der Waals surface area (Å²) < 4.78 is 6.32. The van der Waals surface area contributed by atoms with Crippen LogP contribution in [0.25, 0.3) is 0 Å². The summed E-state index contributed by atoms with van der Waals surface area (Å²) in [5.74, 6) is 0.104. The Bertz CT molecular complexity index is 999. The Kier molecular flexibility index (Phi) is 7.49. The predicted octanol–water partition coefficient (Wildman–Crippen LogP) is 7.02. The van der Waals surface area contributed by atoms with E-state index in [1.807, 2.05) is 69.5 Å². The number of halogens is 2. The molecule has 1 aliphatic rings. The predicted molar refractivity (Wildman–Crippen MR) is 128 cm³/mol. The molecule has 0 bridgehead atoms.